The smallest absolute Gasteiger partial charge is 0.135 e. The fourth-order valence-electron chi connectivity index (χ4n) is 2.61. The lowest BCUT2D eigenvalue weighted by Gasteiger charge is -2.20. The third-order valence-electron chi connectivity index (χ3n) is 3.63. The minimum Gasteiger partial charge on any atom is -0.496 e. The van der Waals surface area contributed by atoms with E-state index in [1.54, 1.807) is 7.11 Å². The molecule has 0 amide bonds. The van der Waals surface area contributed by atoms with E-state index in [0.29, 0.717) is 12.2 Å². The number of methoxy groups -OCH3 is 1. The van der Waals surface area contributed by atoms with Gasteiger partial charge in [-0.05, 0) is 41.5 Å². The van der Waals surface area contributed by atoms with Crippen LogP contribution in [0, 0.1) is 3.57 Å². The van der Waals surface area contributed by atoms with Crippen LogP contribution in [0.3, 0.4) is 0 Å². The molecule has 1 heterocycles. The molecule has 0 aliphatic heterocycles. The van der Waals surface area contributed by atoms with Gasteiger partial charge in [-0.3, -0.25) is 9.48 Å². The molecule has 1 fully saturated rings. The van der Waals surface area contributed by atoms with Crippen molar-refractivity contribution in [2.75, 3.05) is 7.11 Å². The van der Waals surface area contributed by atoms with Gasteiger partial charge in [0.25, 0.3) is 0 Å². The molecular formula is C14H15IN2O2. The maximum absolute atomic E-state index is 11.6. The Kier molecular flexibility index (Phi) is 3.47. The summed E-state index contributed by atoms with van der Waals surface area (Å²) < 4.78 is 8.35. The van der Waals surface area contributed by atoms with Gasteiger partial charge in [0, 0.05) is 30.5 Å². The Morgan fingerprint density at radius 2 is 2.32 bits per heavy atom. The summed E-state index contributed by atoms with van der Waals surface area (Å²) in [6.45, 7) is 0. The van der Waals surface area contributed by atoms with E-state index in [-0.39, 0.29) is 6.04 Å². The Morgan fingerprint density at radius 1 is 1.47 bits per heavy atom. The lowest BCUT2D eigenvalue weighted by atomic mass is 9.94. The van der Waals surface area contributed by atoms with E-state index >= 15 is 0 Å². The first kappa shape index (κ1) is 12.9. The Balaban J connectivity index is 1.99. The van der Waals surface area contributed by atoms with Crippen molar-refractivity contribution in [1.82, 2.24) is 9.78 Å². The molecule has 1 aromatic heterocycles. The second-order valence-corrected chi connectivity index (χ2v) is 6.11. The van der Waals surface area contributed by atoms with E-state index in [9.17, 15) is 4.79 Å². The molecule has 1 aromatic carbocycles. The van der Waals surface area contributed by atoms with E-state index < -0.39 is 0 Å². The molecule has 1 unspecified atom stereocenters. The van der Waals surface area contributed by atoms with Crippen LogP contribution in [0.4, 0.5) is 0 Å². The van der Waals surface area contributed by atoms with Gasteiger partial charge >= 0.3 is 0 Å². The molecule has 0 spiro atoms. The van der Waals surface area contributed by atoms with Crippen molar-refractivity contribution < 1.29 is 9.53 Å². The number of ether oxygens (including phenoxy) is 1. The Labute approximate surface area is 125 Å². The van der Waals surface area contributed by atoms with Crippen molar-refractivity contribution >= 4 is 39.3 Å². The van der Waals surface area contributed by atoms with Crippen LogP contribution in [0.2, 0.25) is 0 Å². The summed E-state index contributed by atoms with van der Waals surface area (Å²) in [5, 5.41) is 5.70. The largest absolute Gasteiger partial charge is 0.496 e. The molecule has 2 aromatic rings. The summed E-state index contributed by atoms with van der Waals surface area (Å²) >= 11 is 2.26. The standard InChI is InChI=1S/C14H15IN2O2/c1-19-14-7-13-9(5-12(14)15)8-17(16-13)10-3-2-4-11(18)6-10/h5,7-8,10H,2-4,6H2,1H3. The monoisotopic (exact) mass is 370 g/mol. The van der Waals surface area contributed by atoms with Crippen LogP contribution in [0.1, 0.15) is 31.7 Å². The molecule has 0 saturated heterocycles. The highest BCUT2D eigenvalue weighted by atomic mass is 127. The minimum atomic E-state index is 0.220. The summed E-state index contributed by atoms with van der Waals surface area (Å²) in [6.07, 6.45) is 5.39. The van der Waals surface area contributed by atoms with Gasteiger partial charge in [0.05, 0.1) is 22.2 Å². The zero-order valence-corrected chi connectivity index (χ0v) is 12.9. The van der Waals surface area contributed by atoms with Crippen LogP contribution in [0.5, 0.6) is 5.75 Å². The summed E-state index contributed by atoms with van der Waals surface area (Å²) in [6, 6.07) is 4.25. The van der Waals surface area contributed by atoms with E-state index in [2.05, 4.69) is 33.8 Å². The SMILES string of the molecule is COc1cc2nn(C3CCCC(=O)C3)cc2cc1I. The van der Waals surface area contributed by atoms with Crippen molar-refractivity contribution in [2.45, 2.75) is 31.7 Å². The molecule has 1 saturated carbocycles. The molecule has 19 heavy (non-hydrogen) atoms. The van der Waals surface area contributed by atoms with Gasteiger partial charge in [0.1, 0.15) is 11.5 Å². The van der Waals surface area contributed by atoms with Crippen LogP contribution >= 0.6 is 22.6 Å². The number of carbonyl (C=O) groups excluding carboxylic acids is 1. The zero-order chi connectivity index (χ0) is 13.4. The van der Waals surface area contributed by atoms with E-state index in [1.807, 2.05) is 16.9 Å². The number of rotatable bonds is 2. The van der Waals surface area contributed by atoms with Crippen molar-refractivity contribution in [1.29, 1.82) is 0 Å². The predicted octanol–water partition coefficient (Wildman–Crippen LogP) is 3.33. The average molecular weight is 370 g/mol. The number of ketones is 1. The number of halogens is 1. The number of hydrogen-bond donors (Lipinski definition) is 0. The van der Waals surface area contributed by atoms with Crippen LogP contribution < -0.4 is 4.74 Å². The maximum atomic E-state index is 11.6. The number of carbonyl (C=O) groups is 1. The first-order chi connectivity index (χ1) is 9.17. The van der Waals surface area contributed by atoms with Crippen molar-refractivity contribution in [2.24, 2.45) is 0 Å². The molecule has 5 heteroatoms. The molecule has 1 atom stereocenters. The van der Waals surface area contributed by atoms with Gasteiger partial charge in [-0.2, -0.15) is 5.10 Å². The van der Waals surface area contributed by atoms with E-state index in [0.717, 1.165) is 39.5 Å². The predicted molar refractivity (Wildman–Crippen MR) is 81.5 cm³/mol. The van der Waals surface area contributed by atoms with Gasteiger partial charge in [-0.15, -0.1) is 0 Å². The Bertz CT molecular complexity index is 636. The molecule has 0 N–H and O–H groups in total. The molecule has 0 radical (unpaired) electrons. The minimum absolute atomic E-state index is 0.220. The second kappa shape index (κ2) is 5.11. The lowest BCUT2D eigenvalue weighted by Crippen LogP contribution is -2.19. The molecule has 100 valence electrons. The summed E-state index contributed by atoms with van der Waals surface area (Å²) in [5.41, 5.74) is 0.926. The Morgan fingerprint density at radius 3 is 3.05 bits per heavy atom. The lowest BCUT2D eigenvalue weighted by molar-refractivity contribution is -0.121. The van der Waals surface area contributed by atoms with Crippen molar-refractivity contribution in [3.8, 4) is 5.75 Å². The maximum Gasteiger partial charge on any atom is 0.135 e. The van der Waals surface area contributed by atoms with Crippen LogP contribution in [0.25, 0.3) is 10.9 Å². The zero-order valence-electron chi connectivity index (χ0n) is 10.7. The van der Waals surface area contributed by atoms with Gasteiger partial charge < -0.3 is 4.74 Å². The molecule has 4 nitrogen and oxygen atoms in total. The molecule has 1 aliphatic carbocycles. The van der Waals surface area contributed by atoms with E-state index in [4.69, 9.17) is 4.74 Å². The number of Topliss-reactive ketones (excluding diaryl/α,β-unsaturated/α-hetero) is 1. The van der Waals surface area contributed by atoms with Gasteiger partial charge in [0.15, 0.2) is 0 Å². The highest BCUT2D eigenvalue weighted by Crippen LogP contribution is 2.30. The van der Waals surface area contributed by atoms with Gasteiger partial charge in [0.2, 0.25) is 0 Å². The van der Waals surface area contributed by atoms with Gasteiger partial charge in [-0.1, -0.05) is 0 Å². The highest BCUT2D eigenvalue weighted by Gasteiger charge is 2.22. The van der Waals surface area contributed by atoms with Crippen LogP contribution in [-0.2, 0) is 4.79 Å². The highest BCUT2D eigenvalue weighted by molar-refractivity contribution is 14.1. The molecule has 3 rings (SSSR count). The summed E-state index contributed by atoms with van der Waals surface area (Å²) in [4.78, 5) is 11.6. The van der Waals surface area contributed by atoms with Crippen LogP contribution in [0.15, 0.2) is 18.3 Å². The number of fused-ring (bicyclic) bond motifs is 1. The van der Waals surface area contributed by atoms with Crippen LogP contribution in [-0.4, -0.2) is 22.7 Å². The summed E-state index contributed by atoms with van der Waals surface area (Å²) in [5.74, 6) is 1.20. The first-order valence-corrected chi connectivity index (χ1v) is 7.49. The molecule has 1 aliphatic rings. The van der Waals surface area contributed by atoms with Crippen molar-refractivity contribution in [3.63, 3.8) is 0 Å². The number of aromatic nitrogens is 2. The topological polar surface area (TPSA) is 44.1 Å². The number of benzene rings is 1. The summed E-state index contributed by atoms with van der Waals surface area (Å²) in [7, 11) is 1.67. The third kappa shape index (κ3) is 2.48. The normalized spacial score (nSPS) is 19.9. The fourth-order valence-corrected chi connectivity index (χ4v) is 3.33. The second-order valence-electron chi connectivity index (χ2n) is 4.94. The number of hydrogen-bond acceptors (Lipinski definition) is 3. The molecular weight excluding hydrogens is 355 g/mol. The number of nitrogens with zero attached hydrogens (tertiary/aromatic N) is 2. The molecule has 0 bridgehead atoms. The Hall–Kier alpha value is -1.11. The van der Waals surface area contributed by atoms with E-state index in [1.165, 1.54) is 0 Å². The van der Waals surface area contributed by atoms with Crippen molar-refractivity contribution in [3.05, 3.63) is 21.9 Å². The fraction of sp³-hybridized carbons (Fsp3) is 0.429. The van der Waals surface area contributed by atoms with Gasteiger partial charge in [-0.25, -0.2) is 0 Å². The third-order valence-corrected chi connectivity index (χ3v) is 4.47. The average Bonchev–Trinajstić information content (AvgIpc) is 2.80. The first-order valence-electron chi connectivity index (χ1n) is 6.41. The quantitative estimate of drug-likeness (QED) is 0.762.